The number of carbonyl (C=O) groups is 1. The molecule has 1 aliphatic heterocycles. The molecular weight excluding hydrogens is 500 g/mol. The Labute approximate surface area is 225 Å². The van der Waals surface area contributed by atoms with Crippen molar-refractivity contribution in [1.29, 1.82) is 0 Å². The third-order valence-corrected chi connectivity index (χ3v) is 11.6. The van der Waals surface area contributed by atoms with E-state index in [0.29, 0.717) is 41.1 Å². The number of hydrogen-bond donors (Lipinski definition) is 3. The molecule has 2 heterocycles. The Kier molecular flexibility index (Phi) is 6.63. The largest absolute Gasteiger partial charge is 0.394 e. The van der Waals surface area contributed by atoms with Crippen molar-refractivity contribution in [1.82, 2.24) is 4.98 Å². The first kappa shape index (κ1) is 25.6. The van der Waals surface area contributed by atoms with Gasteiger partial charge in [-0.3, -0.25) is 4.79 Å². The fourth-order valence-corrected chi connectivity index (χ4v) is 8.24. The zero-order chi connectivity index (χ0) is 26.4. The molecule has 0 bridgehead atoms. The highest BCUT2D eigenvalue weighted by Crippen LogP contribution is 2.54. The number of aromatic nitrogens is 1. The molecule has 4 fully saturated rings. The van der Waals surface area contributed by atoms with E-state index in [4.69, 9.17) is 4.98 Å². The predicted octanol–water partition coefficient (Wildman–Crippen LogP) is 4.76. The van der Waals surface area contributed by atoms with Gasteiger partial charge < -0.3 is 20.6 Å². The molecule has 1 spiro atoms. The zero-order valence-electron chi connectivity index (χ0n) is 21.9. The van der Waals surface area contributed by atoms with Crippen molar-refractivity contribution in [2.24, 2.45) is 5.41 Å². The fourth-order valence-electron chi connectivity index (χ4n) is 6.34. The molecule has 0 unspecified atom stereocenters. The summed E-state index contributed by atoms with van der Waals surface area (Å²) in [5.74, 6) is 1.01. The molecule has 0 radical (unpaired) electrons. The third-order valence-electron chi connectivity index (χ3n) is 9.37. The standard InChI is InChI=1S/C29H38N4O4S/c34-20-29(11-4-12-29)32-25-10-9-24(26(31-25)33-17-15-28(13-14-28)16-18-33)27(35)30-21-5-3-8-23(19-21)38(36,37)22-6-1-2-7-22/h3,5,8-10,19,22,34H,1-2,4,6-7,11-18,20H2,(H,30,35)(H,31,32). The minimum absolute atomic E-state index is 0.0542. The summed E-state index contributed by atoms with van der Waals surface area (Å²) in [5, 5.41) is 16.0. The topological polar surface area (TPSA) is 112 Å². The SMILES string of the molecule is O=C(Nc1cccc(S(=O)(=O)C2CCCC2)c1)c1ccc(NC2(CO)CCC2)nc1N1CCC2(CC1)CC2. The summed E-state index contributed by atoms with van der Waals surface area (Å²) in [6, 6.07) is 10.2. The Hall–Kier alpha value is -2.65. The van der Waals surface area contributed by atoms with Crippen molar-refractivity contribution in [3.05, 3.63) is 42.0 Å². The van der Waals surface area contributed by atoms with Crippen LogP contribution in [0.4, 0.5) is 17.3 Å². The van der Waals surface area contributed by atoms with Crippen molar-refractivity contribution >= 4 is 33.1 Å². The van der Waals surface area contributed by atoms with Crippen LogP contribution in [0.5, 0.6) is 0 Å². The Morgan fingerprint density at radius 1 is 1.00 bits per heavy atom. The molecule has 1 aromatic heterocycles. The highest BCUT2D eigenvalue weighted by molar-refractivity contribution is 7.92. The monoisotopic (exact) mass is 538 g/mol. The Balaban J connectivity index is 1.25. The smallest absolute Gasteiger partial charge is 0.259 e. The first-order valence-electron chi connectivity index (χ1n) is 14.1. The maximum atomic E-state index is 13.6. The third kappa shape index (κ3) is 4.91. The first-order valence-corrected chi connectivity index (χ1v) is 15.7. The number of rotatable bonds is 8. The molecule has 1 saturated heterocycles. The molecule has 6 rings (SSSR count). The van der Waals surface area contributed by atoms with E-state index < -0.39 is 9.84 Å². The van der Waals surface area contributed by atoms with Gasteiger partial charge >= 0.3 is 0 Å². The normalized spacial score (nSPS) is 22.2. The summed E-state index contributed by atoms with van der Waals surface area (Å²) < 4.78 is 26.2. The highest BCUT2D eigenvalue weighted by atomic mass is 32.2. The van der Waals surface area contributed by atoms with Crippen LogP contribution in [0.15, 0.2) is 41.3 Å². The Bertz CT molecular complexity index is 1300. The zero-order valence-corrected chi connectivity index (χ0v) is 22.7. The first-order chi connectivity index (χ1) is 18.3. The van der Waals surface area contributed by atoms with E-state index in [2.05, 4.69) is 15.5 Å². The van der Waals surface area contributed by atoms with E-state index in [-0.39, 0.29) is 28.2 Å². The van der Waals surface area contributed by atoms with Gasteiger partial charge in [-0.15, -0.1) is 0 Å². The van der Waals surface area contributed by atoms with E-state index in [0.717, 1.165) is 58.0 Å². The van der Waals surface area contributed by atoms with Gasteiger partial charge in [0.25, 0.3) is 5.91 Å². The molecular formula is C29H38N4O4S. The minimum atomic E-state index is -3.42. The number of amides is 1. The van der Waals surface area contributed by atoms with Gasteiger partial charge in [0.05, 0.1) is 27.9 Å². The van der Waals surface area contributed by atoms with Gasteiger partial charge in [0, 0.05) is 18.8 Å². The quantitative estimate of drug-likeness (QED) is 0.444. The molecule has 204 valence electrons. The summed E-state index contributed by atoms with van der Waals surface area (Å²) in [6.45, 7) is 1.77. The highest BCUT2D eigenvalue weighted by Gasteiger charge is 2.45. The van der Waals surface area contributed by atoms with E-state index >= 15 is 0 Å². The number of hydrogen-bond acceptors (Lipinski definition) is 7. The summed E-state index contributed by atoms with van der Waals surface area (Å²) in [5.41, 5.74) is 1.09. The number of benzene rings is 1. The lowest BCUT2D eigenvalue weighted by molar-refractivity contribution is 0.102. The number of aliphatic hydroxyl groups is 1. The molecule has 0 atom stereocenters. The van der Waals surface area contributed by atoms with Crippen molar-refractivity contribution in [3.63, 3.8) is 0 Å². The van der Waals surface area contributed by atoms with Crippen LogP contribution >= 0.6 is 0 Å². The van der Waals surface area contributed by atoms with Gasteiger partial charge in [0.2, 0.25) is 0 Å². The second-order valence-corrected chi connectivity index (χ2v) is 14.1. The van der Waals surface area contributed by atoms with Gasteiger partial charge in [-0.1, -0.05) is 18.9 Å². The molecule has 2 aromatic rings. The van der Waals surface area contributed by atoms with Gasteiger partial charge in [0.1, 0.15) is 11.6 Å². The molecule has 8 nitrogen and oxygen atoms in total. The lowest BCUT2D eigenvalue weighted by atomic mass is 9.77. The lowest BCUT2D eigenvalue weighted by Gasteiger charge is -2.41. The maximum Gasteiger partial charge on any atom is 0.259 e. The number of carbonyl (C=O) groups excluding carboxylic acids is 1. The average Bonchev–Trinajstić information content (AvgIpc) is 3.41. The van der Waals surface area contributed by atoms with Crippen LogP contribution in [-0.4, -0.2) is 54.9 Å². The van der Waals surface area contributed by atoms with Crippen LogP contribution in [0.25, 0.3) is 0 Å². The molecule has 3 saturated carbocycles. The fraction of sp³-hybridized carbons (Fsp3) is 0.586. The van der Waals surface area contributed by atoms with Crippen molar-refractivity contribution in [2.45, 2.75) is 86.3 Å². The summed E-state index contributed by atoms with van der Waals surface area (Å²) in [6.07, 6.45) is 11.0. The minimum Gasteiger partial charge on any atom is -0.394 e. The van der Waals surface area contributed by atoms with Crippen molar-refractivity contribution in [3.8, 4) is 0 Å². The van der Waals surface area contributed by atoms with Gasteiger partial charge in [0.15, 0.2) is 9.84 Å². The second kappa shape index (κ2) is 9.83. The number of anilines is 3. The van der Waals surface area contributed by atoms with E-state index in [1.54, 1.807) is 36.4 Å². The number of nitrogens with zero attached hydrogens (tertiary/aromatic N) is 2. The molecule has 9 heteroatoms. The van der Waals surface area contributed by atoms with Crippen LogP contribution in [0.3, 0.4) is 0 Å². The summed E-state index contributed by atoms with van der Waals surface area (Å²) >= 11 is 0. The van der Waals surface area contributed by atoms with E-state index in [1.807, 2.05) is 0 Å². The number of aliphatic hydroxyl groups excluding tert-OH is 1. The number of pyridine rings is 1. The average molecular weight is 539 g/mol. The Morgan fingerprint density at radius 3 is 2.37 bits per heavy atom. The van der Waals surface area contributed by atoms with E-state index in [1.165, 1.54) is 12.8 Å². The number of nitrogens with one attached hydrogen (secondary N) is 2. The predicted molar refractivity (Wildman–Crippen MR) is 148 cm³/mol. The maximum absolute atomic E-state index is 13.6. The second-order valence-electron chi connectivity index (χ2n) is 11.9. The van der Waals surface area contributed by atoms with Crippen LogP contribution < -0.4 is 15.5 Å². The summed E-state index contributed by atoms with van der Waals surface area (Å²) in [4.78, 5) is 20.9. The van der Waals surface area contributed by atoms with Crippen LogP contribution in [0.1, 0.15) is 81.0 Å². The molecule has 1 amide bonds. The van der Waals surface area contributed by atoms with Crippen LogP contribution in [0, 0.1) is 5.41 Å². The van der Waals surface area contributed by atoms with Gasteiger partial charge in [-0.05, 0) is 93.5 Å². The molecule has 3 aliphatic carbocycles. The van der Waals surface area contributed by atoms with Crippen molar-refractivity contribution in [2.75, 3.05) is 35.2 Å². The van der Waals surface area contributed by atoms with E-state index in [9.17, 15) is 18.3 Å². The number of sulfone groups is 1. The number of piperidine rings is 1. The van der Waals surface area contributed by atoms with Crippen LogP contribution in [-0.2, 0) is 9.84 Å². The van der Waals surface area contributed by atoms with Crippen molar-refractivity contribution < 1.29 is 18.3 Å². The molecule has 38 heavy (non-hydrogen) atoms. The van der Waals surface area contributed by atoms with Crippen LogP contribution in [0.2, 0.25) is 0 Å². The molecule has 4 aliphatic rings. The molecule has 1 aromatic carbocycles. The Morgan fingerprint density at radius 2 is 1.74 bits per heavy atom. The van der Waals surface area contributed by atoms with Gasteiger partial charge in [-0.2, -0.15) is 0 Å². The lowest BCUT2D eigenvalue weighted by Crippen LogP contribution is -2.48. The molecule has 3 N–H and O–H groups in total. The summed E-state index contributed by atoms with van der Waals surface area (Å²) in [7, 11) is -3.42. The van der Waals surface area contributed by atoms with Gasteiger partial charge in [-0.25, -0.2) is 13.4 Å².